The molecule has 4 rings (SSSR count). The van der Waals surface area contributed by atoms with E-state index in [1.165, 1.54) is 6.08 Å². The van der Waals surface area contributed by atoms with E-state index in [1.807, 2.05) is 61.5 Å². The molecule has 1 amide bonds. The molecule has 34 heavy (non-hydrogen) atoms. The maximum absolute atomic E-state index is 13.2. The van der Waals surface area contributed by atoms with E-state index in [4.69, 9.17) is 9.47 Å². The van der Waals surface area contributed by atoms with Gasteiger partial charge in [-0.3, -0.25) is 14.5 Å². The molecule has 0 saturated carbocycles. The number of ketones is 1. The predicted molar refractivity (Wildman–Crippen MR) is 129 cm³/mol. The fourth-order valence-electron chi connectivity index (χ4n) is 4.30. The Balaban J connectivity index is 1.61. The molecule has 0 spiro atoms. The number of hydrogen-bond acceptors (Lipinski definition) is 6. The molecule has 178 valence electrons. The molecule has 0 aliphatic carbocycles. The zero-order valence-corrected chi connectivity index (χ0v) is 19.4. The normalized spacial score (nSPS) is 19.3. The highest BCUT2D eigenvalue weighted by Gasteiger charge is 2.42. The number of aliphatic hydroxyl groups excluding tert-OH is 1. The molecule has 0 aromatic heterocycles. The molecule has 1 saturated heterocycles. The third-order valence-corrected chi connectivity index (χ3v) is 6.06. The fraction of sp³-hybridized carbons (Fsp3) is 0.333. The Bertz CT molecular complexity index is 1060. The summed E-state index contributed by atoms with van der Waals surface area (Å²) >= 11 is 0. The number of carbonyl (C=O) groups excluding carboxylic acids is 2. The zero-order chi connectivity index (χ0) is 23.9. The second kappa shape index (κ2) is 11.1. The molecule has 1 N–H and O–H groups in total. The predicted octanol–water partition coefficient (Wildman–Crippen LogP) is 3.40. The number of carbonyl (C=O) groups is 2. The van der Waals surface area contributed by atoms with Gasteiger partial charge in [-0.25, -0.2) is 0 Å². The van der Waals surface area contributed by atoms with Gasteiger partial charge in [0, 0.05) is 26.2 Å². The largest absolute Gasteiger partial charge is 0.503 e. The zero-order valence-electron chi connectivity index (χ0n) is 19.4. The summed E-state index contributed by atoms with van der Waals surface area (Å²) in [6.45, 7) is 6.38. The molecular formula is C27H30N2O5. The van der Waals surface area contributed by atoms with Gasteiger partial charge in [-0.05, 0) is 36.3 Å². The first-order valence-electron chi connectivity index (χ1n) is 11.6. The van der Waals surface area contributed by atoms with E-state index in [1.54, 1.807) is 11.0 Å². The van der Waals surface area contributed by atoms with Crippen molar-refractivity contribution in [1.82, 2.24) is 9.80 Å². The van der Waals surface area contributed by atoms with Crippen molar-refractivity contribution in [3.8, 4) is 5.75 Å². The Labute approximate surface area is 199 Å². The second-order valence-electron chi connectivity index (χ2n) is 8.23. The highest BCUT2D eigenvalue weighted by atomic mass is 16.5. The second-order valence-corrected chi connectivity index (χ2v) is 8.23. The van der Waals surface area contributed by atoms with Crippen molar-refractivity contribution in [3.05, 3.63) is 83.1 Å². The number of ether oxygens (including phenoxy) is 2. The van der Waals surface area contributed by atoms with E-state index < -0.39 is 17.7 Å². The van der Waals surface area contributed by atoms with Crippen LogP contribution in [-0.2, 0) is 14.3 Å². The molecule has 2 aromatic rings. The lowest BCUT2D eigenvalue weighted by atomic mass is 9.95. The highest BCUT2D eigenvalue weighted by molar-refractivity contribution is 6.14. The molecule has 1 fully saturated rings. The van der Waals surface area contributed by atoms with Crippen molar-refractivity contribution in [2.24, 2.45) is 0 Å². The van der Waals surface area contributed by atoms with Gasteiger partial charge in [0.05, 0.1) is 31.4 Å². The summed E-state index contributed by atoms with van der Waals surface area (Å²) in [5, 5.41) is 10.8. The van der Waals surface area contributed by atoms with Crippen molar-refractivity contribution in [2.45, 2.75) is 13.0 Å². The molecule has 0 bridgehead atoms. The molecule has 7 heteroatoms. The first-order valence-corrected chi connectivity index (χ1v) is 11.6. The summed E-state index contributed by atoms with van der Waals surface area (Å²) in [5.74, 6) is -0.685. The van der Waals surface area contributed by atoms with Crippen LogP contribution in [-0.4, -0.2) is 72.6 Å². The average Bonchev–Trinajstić information content (AvgIpc) is 3.13. The fourth-order valence-corrected chi connectivity index (χ4v) is 4.30. The summed E-state index contributed by atoms with van der Waals surface area (Å²) in [6, 6.07) is 16.1. The molecule has 7 nitrogen and oxygen atoms in total. The minimum Gasteiger partial charge on any atom is -0.503 e. The standard InChI is InChI=1S/C27H30N2O5/c1-2-34-22-11-9-21(10-12-22)25-24(23(30)13-8-20-6-4-3-5-7-20)26(31)27(32)29(25)15-14-28-16-18-33-19-17-28/h3-13,25,31H,2,14-19H2,1H3. The van der Waals surface area contributed by atoms with Gasteiger partial charge >= 0.3 is 0 Å². The molecule has 2 aliphatic rings. The van der Waals surface area contributed by atoms with Crippen LogP contribution in [0.4, 0.5) is 0 Å². The number of hydrogen-bond donors (Lipinski definition) is 1. The van der Waals surface area contributed by atoms with Crippen molar-refractivity contribution in [2.75, 3.05) is 46.0 Å². The Hall–Kier alpha value is -3.42. The number of rotatable bonds is 9. The van der Waals surface area contributed by atoms with E-state index in [0.717, 1.165) is 24.2 Å². The van der Waals surface area contributed by atoms with Crippen molar-refractivity contribution >= 4 is 17.8 Å². The van der Waals surface area contributed by atoms with Crippen molar-refractivity contribution in [3.63, 3.8) is 0 Å². The molecular weight excluding hydrogens is 432 g/mol. The summed E-state index contributed by atoms with van der Waals surface area (Å²) in [7, 11) is 0. The average molecular weight is 463 g/mol. The Morgan fingerprint density at radius 3 is 2.47 bits per heavy atom. The van der Waals surface area contributed by atoms with E-state index in [0.29, 0.717) is 38.7 Å². The maximum atomic E-state index is 13.2. The van der Waals surface area contributed by atoms with Gasteiger partial charge in [-0.15, -0.1) is 0 Å². The number of aliphatic hydroxyl groups is 1. The van der Waals surface area contributed by atoms with Crippen LogP contribution in [0.15, 0.2) is 72.0 Å². The van der Waals surface area contributed by atoms with E-state index >= 15 is 0 Å². The van der Waals surface area contributed by atoms with E-state index in [9.17, 15) is 14.7 Å². The number of allylic oxidation sites excluding steroid dienone is 1. The highest BCUT2D eigenvalue weighted by Crippen LogP contribution is 2.38. The van der Waals surface area contributed by atoms with Gasteiger partial charge in [-0.1, -0.05) is 48.5 Å². The number of morpholine rings is 1. The van der Waals surface area contributed by atoms with E-state index in [2.05, 4.69) is 4.90 Å². The summed E-state index contributed by atoms with van der Waals surface area (Å²) < 4.78 is 11.0. The van der Waals surface area contributed by atoms with Gasteiger partial charge in [0.15, 0.2) is 11.5 Å². The lowest BCUT2D eigenvalue weighted by Gasteiger charge is -2.31. The molecule has 1 unspecified atom stereocenters. The Morgan fingerprint density at radius 1 is 1.09 bits per heavy atom. The van der Waals surface area contributed by atoms with Crippen LogP contribution < -0.4 is 4.74 Å². The van der Waals surface area contributed by atoms with Crippen LogP contribution in [0.1, 0.15) is 24.1 Å². The third kappa shape index (κ3) is 5.38. The summed E-state index contributed by atoms with van der Waals surface area (Å²) in [5.41, 5.74) is 1.71. The van der Waals surface area contributed by atoms with Crippen LogP contribution in [0.5, 0.6) is 5.75 Å². The number of amides is 1. The van der Waals surface area contributed by atoms with Gasteiger partial charge in [0.25, 0.3) is 5.91 Å². The van der Waals surface area contributed by atoms with Gasteiger partial charge in [0.1, 0.15) is 5.75 Å². The van der Waals surface area contributed by atoms with Crippen molar-refractivity contribution < 1.29 is 24.2 Å². The van der Waals surface area contributed by atoms with Gasteiger partial charge < -0.3 is 19.5 Å². The molecule has 2 heterocycles. The smallest absolute Gasteiger partial charge is 0.290 e. The van der Waals surface area contributed by atoms with Crippen LogP contribution in [0.2, 0.25) is 0 Å². The monoisotopic (exact) mass is 462 g/mol. The number of benzene rings is 2. The molecule has 0 radical (unpaired) electrons. The SMILES string of the molecule is CCOc1ccc(C2C(C(=O)C=Cc3ccccc3)=C(O)C(=O)N2CCN2CCOCC2)cc1. The summed E-state index contributed by atoms with van der Waals surface area (Å²) in [6.07, 6.45) is 3.11. The minimum atomic E-state index is -0.669. The van der Waals surface area contributed by atoms with Crippen LogP contribution >= 0.6 is 0 Å². The lowest BCUT2D eigenvalue weighted by Crippen LogP contribution is -2.43. The number of nitrogens with zero attached hydrogens (tertiary/aromatic N) is 2. The van der Waals surface area contributed by atoms with Gasteiger partial charge in [-0.2, -0.15) is 0 Å². The molecule has 2 aliphatic heterocycles. The molecule has 1 atom stereocenters. The third-order valence-electron chi connectivity index (χ3n) is 6.06. The first-order chi connectivity index (χ1) is 16.6. The van der Waals surface area contributed by atoms with Crippen LogP contribution in [0.3, 0.4) is 0 Å². The van der Waals surface area contributed by atoms with Gasteiger partial charge in [0.2, 0.25) is 0 Å². The topological polar surface area (TPSA) is 79.3 Å². The van der Waals surface area contributed by atoms with E-state index in [-0.39, 0.29) is 11.4 Å². The lowest BCUT2D eigenvalue weighted by molar-refractivity contribution is -0.129. The Morgan fingerprint density at radius 2 is 1.79 bits per heavy atom. The van der Waals surface area contributed by atoms with Crippen molar-refractivity contribution in [1.29, 1.82) is 0 Å². The summed E-state index contributed by atoms with van der Waals surface area (Å²) in [4.78, 5) is 30.1. The van der Waals surface area contributed by atoms with Crippen LogP contribution in [0, 0.1) is 0 Å². The Kier molecular flexibility index (Phi) is 7.77. The quantitative estimate of drug-likeness (QED) is 0.576. The molecule has 2 aromatic carbocycles. The van der Waals surface area contributed by atoms with Crippen LogP contribution in [0.25, 0.3) is 6.08 Å². The first kappa shape index (κ1) is 23.7. The maximum Gasteiger partial charge on any atom is 0.290 e. The minimum absolute atomic E-state index is 0.100.